The predicted molar refractivity (Wildman–Crippen MR) is 85.1 cm³/mol. The number of fused-ring (bicyclic) bond motifs is 1. The summed E-state index contributed by atoms with van der Waals surface area (Å²) >= 11 is 0. The van der Waals surface area contributed by atoms with Crippen LogP contribution in [0.5, 0.6) is 0 Å². The van der Waals surface area contributed by atoms with Crippen molar-refractivity contribution in [3.05, 3.63) is 48.5 Å². The van der Waals surface area contributed by atoms with Crippen molar-refractivity contribution < 1.29 is 13.2 Å². The molecule has 0 saturated carbocycles. The zero-order valence-electron chi connectivity index (χ0n) is 12.5. The minimum atomic E-state index is -3.60. The highest BCUT2D eigenvalue weighted by molar-refractivity contribution is 7.89. The van der Waals surface area contributed by atoms with Gasteiger partial charge in [-0.05, 0) is 25.2 Å². The smallest absolute Gasteiger partial charge is 0.286 e. The Bertz CT molecular complexity index is 987. The summed E-state index contributed by atoms with van der Waals surface area (Å²) in [4.78, 5) is 16.6. The molecule has 2 aromatic heterocycles. The normalized spacial score (nSPS) is 11.7. The molecule has 2 heterocycles. The number of carbonyl (C=O) groups is 1. The van der Waals surface area contributed by atoms with E-state index < -0.39 is 15.9 Å². The molecule has 0 saturated heterocycles. The Balaban J connectivity index is 1.92. The summed E-state index contributed by atoms with van der Waals surface area (Å²) < 4.78 is 28.8. The van der Waals surface area contributed by atoms with E-state index in [1.165, 1.54) is 34.9 Å². The van der Waals surface area contributed by atoms with Crippen LogP contribution in [0, 0.1) is 0 Å². The zero-order valence-corrected chi connectivity index (χ0v) is 13.3. The highest BCUT2D eigenvalue weighted by atomic mass is 32.2. The van der Waals surface area contributed by atoms with E-state index in [4.69, 9.17) is 0 Å². The Kier molecular flexibility index (Phi) is 3.66. The second-order valence-electron chi connectivity index (χ2n) is 4.92. The number of aryl methyl sites for hydroxylation is 1. The molecule has 8 nitrogen and oxygen atoms in total. The fourth-order valence-corrected chi connectivity index (χ4v) is 3.04. The Morgan fingerprint density at radius 3 is 2.74 bits per heavy atom. The van der Waals surface area contributed by atoms with Crippen LogP contribution in [0.4, 0.5) is 0 Å². The van der Waals surface area contributed by atoms with Gasteiger partial charge in [0.2, 0.25) is 10.0 Å². The van der Waals surface area contributed by atoms with Crippen molar-refractivity contribution >= 4 is 27.0 Å². The van der Waals surface area contributed by atoms with Crippen molar-refractivity contribution in [1.29, 1.82) is 0 Å². The van der Waals surface area contributed by atoms with Gasteiger partial charge in [-0.2, -0.15) is 0 Å². The van der Waals surface area contributed by atoms with E-state index in [2.05, 4.69) is 15.1 Å². The first-order valence-electron chi connectivity index (χ1n) is 6.76. The summed E-state index contributed by atoms with van der Waals surface area (Å²) in [6.45, 7) is 0. The number of hydrogen-bond donors (Lipinski definition) is 2. The number of imidazole rings is 1. The van der Waals surface area contributed by atoms with Crippen LogP contribution in [-0.2, 0) is 17.1 Å². The van der Waals surface area contributed by atoms with Crippen molar-refractivity contribution in [3.63, 3.8) is 0 Å². The Hall–Kier alpha value is -2.65. The third-order valence-electron chi connectivity index (χ3n) is 3.47. The fourth-order valence-electron chi connectivity index (χ4n) is 2.24. The fraction of sp³-hybridized carbons (Fsp3) is 0.143. The average molecular weight is 333 g/mol. The van der Waals surface area contributed by atoms with E-state index in [1.807, 2.05) is 24.3 Å². The van der Waals surface area contributed by atoms with Gasteiger partial charge in [0.1, 0.15) is 16.9 Å². The van der Waals surface area contributed by atoms with Crippen LogP contribution in [0.3, 0.4) is 0 Å². The van der Waals surface area contributed by atoms with Gasteiger partial charge in [-0.15, -0.1) is 0 Å². The Morgan fingerprint density at radius 2 is 2.00 bits per heavy atom. The molecule has 0 radical (unpaired) electrons. The van der Waals surface area contributed by atoms with Gasteiger partial charge in [-0.3, -0.25) is 10.2 Å². The standard InChI is InChI=1S/C14H15N5O3S/c1-15-23(21,22)10-7-13(18(2)8-10)14(20)17-19-9-16-11-5-3-4-6-12(11)19/h3-9,15H,1-2H3,(H,17,20). The number of amides is 1. The van der Waals surface area contributed by atoms with E-state index in [-0.39, 0.29) is 10.6 Å². The molecule has 0 aliphatic carbocycles. The number of carbonyl (C=O) groups excluding carboxylic acids is 1. The number of para-hydroxylation sites is 2. The average Bonchev–Trinajstić information content (AvgIpc) is 3.12. The molecule has 0 atom stereocenters. The lowest BCUT2D eigenvalue weighted by Gasteiger charge is -2.07. The minimum absolute atomic E-state index is 0.0307. The molecule has 0 spiro atoms. The molecule has 120 valence electrons. The predicted octanol–water partition coefficient (Wildman–Crippen LogP) is 0.667. The molecular weight excluding hydrogens is 318 g/mol. The van der Waals surface area contributed by atoms with Crippen LogP contribution in [-0.4, -0.2) is 35.6 Å². The van der Waals surface area contributed by atoms with E-state index in [9.17, 15) is 13.2 Å². The molecule has 1 amide bonds. The number of rotatable bonds is 4. The van der Waals surface area contributed by atoms with Crippen LogP contribution < -0.4 is 10.1 Å². The number of hydrogen-bond acceptors (Lipinski definition) is 4. The first kappa shape index (κ1) is 15.3. The van der Waals surface area contributed by atoms with E-state index >= 15 is 0 Å². The molecule has 3 aromatic rings. The minimum Gasteiger partial charge on any atom is -0.345 e. The summed E-state index contributed by atoms with van der Waals surface area (Å²) in [6.07, 6.45) is 2.88. The van der Waals surface area contributed by atoms with Gasteiger partial charge in [0.15, 0.2) is 0 Å². The molecule has 9 heteroatoms. The quantitative estimate of drug-likeness (QED) is 0.733. The van der Waals surface area contributed by atoms with Gasteiger partial charge in [-0.25, -0.2) is 22.8 Å². The molecule has 0 bridgehead atoms. The molecule has 0 aliphatic rings. The van der Waals surface area contributed by atoms with Gasteiger partial charge in [-0.1, -0.05) is 12.1 Å². The van der Waals surface area contributed by atoms with Crippen LogP contribution in [0.25, 0.3) is 11.0 Å². The van der Waals surface area contributed by atoms with Gasteiger partial charge in [0, 0.05) is 13.2 Å². The number of aromatic nitrogens is 3. The lowest BCUT2D eigenvalue weighted by Crippen LogP contribution is -2.23. The molecule has 2 N–H and O–H groups in total. The van der Waals surface area contributed by atoms with Crippen LogP contribution in [0.1, 0.15) is 10.5 Å². The van der Waals surface area contributed by atoms with Crippen LogP contribution in [0.2, 0.25) is 0 Å². The molecule has 23 heavy (non-hydrogen) atoms. The maximum absolute atomic E-state index is 12.4. The van der Waals surface area contributed by atoms with Crippen molar-refractivity contribution in [3.8, 4) is 0 Å². The third-order valence-corrected chi connectivity index (χ3v) is 4.85. The van der Waals surface area contributed by atoms with Gasteiger partial charge < -0.3 is 4.57 Å². The SMILES string of the molecule is CNS(=O)(=O)c1cc(C(=O)Nn2cnc3ccccc32)n(C)c1. The number of nitrogens with one attached hydrogen (secondary N) is 2. The molecule has 3 rings (SSSR count). The number of benzene rings is 1. The lowest BCUT2D eigenvalue weighted by molar-refractivity contribution is 0.100. The summed E-state index contributed by atoms with van der Waals surface area (Å²) in [6, 6.07) is 8.67. The first-order chi connectivity index (χ1) is 10.9. The number of nitrogens with zero attached hydrogens (tertiary/aromatic N) is 3. The largest absolute Gasteiger partial charge is 0.345 e. The third kappa shape index (κ3) is 2.71. The van der Waals surface area contributed by atoms with Crippen LogP contribution >= 0.6 is 0 Å². The van der Waals surface area contributed by atoms with E-state index in [0.29, 0.717) is 0 Å². The summed E-state index contributed by atoms with van der Waals surface area (Å²) in [5.41, 5.74) is 4.40. The van der Waals surface area contributed by atoms with Crippen molar-refractivity contribution in [2.24, 2.45) is 7.05 Å². The van der Waals surface area contributed by atoms with Crippen LogP contribution in [0.15, 0.2) is 47.8 Å². The maximum Gasteiger partial charge on any atom is 0.286 e. The molecular formula is C14H15N5O3S. The Labute approximate surface area is 132 Å². The second kappa shape index (κ2) is 5.52. The highest BCUT2D eigenvalue weighted by Gasteiger charge is 2.19. The molecule has 1 aromatic carbocycles. The topological polar surface area (TPSA) is 98.0 Å². The monoisotopic (exact) mass is 333 g/mol. The number of sulfonamides is 1. The zero-order chi connectivity index (χ0) is 16.6. The Morgan fingerprint density at radius 1 is 1.26 bits per heavy atom. The van der Waals surface area contributed by atoms with Gasteiger partial charge in [0.05, 0.1) is 11.0 Å². The first-order valence-corrected chi connectivity index (χ1v) is 8.24. The van der Waals surface area contributed by atoms with Crippen molar-refractivity contribution in [2.75, 3.05) is 12.5 Å². The molecule has 0 fully saturated rings. The maximum atomic E-state index is 12.4. The summed E-state index contributed by atoms with van der Waals surface area (Å²) in [5, 5.41) is 0. The van der Waals surface area contributed by atoms with Crippen molar-refractivity contribution in [1.82, 2.24) is 18.9 Å². The van der Waals surface area contributed by atoms with Gasteiger partial charge >= 0.3 is 0 Å². The molecule has 0 aliphatic heterocycles. The molecule has 0 unspecified atom stereocenters. The highest BCUT2D eigenvalue weighted by Crippen LogP contribution is 2.14. The van der Waals surface area contributed by atoms with Crippen molar-refractivity contribution in [2.45, 2.75) is 4.90 Å². The summed E-state index contributed by atoms with van der Waals surface area (Å²) in [5.74, 6) is -0.437. The summed E-state index contributed by atoms with van der Waals surface area (Å²) in [7, 11) is -0.674. The van der Waals surface area contributed by atoms with Gasteiger partial charge in [0.25, 0.3) is 5.91 Å². The second-order valence-corrected chi connectivity index (χ2v) is 6.81. The lowest BCUT2D eigenvalue weighted by atomic mass is 10.3. The van der Waals surface area contributed by atoms with E-state index in [1.54, 1.807) is 7.05 Å². The van der Waals surface area contributed by atoms with E-state index in [0.717, 1.165) is 11.0 Å².